The second-order valence-electron chi connectivity index (χ2n) is 4.13. The molecule has 114 valence electrons. The Kier molecular flexibility index (Phi) is 4.62. The van der Waals surface area contributed by atoms with Gasteiger partial charge in [-0.1, -0.05) is 6.07 Å². The van der Waals surface area contributed by atoms with Gasteiger partial charge >= 0.3 is 11.7 Å². The fraction of sp³-hybridized carbons (Fsp3) is 0.0714. The quantitative estimate of drug-likeness (QED) is 0.526. The number of para-hydroxylation sites is 1. The lowest BCUT2D eigenvalue weighted by molar-refractivity contribution is -0.608. The van der Waals surface area contributed by atoms with Gasteiger partial charge in [0.15, 0.2) is 12.8 Å². The summed E-state index contributed by atoms with van der Waals surface area (Å²) in [4.78, 5) is 23.1. The van der Waals surface area contributed by atoms with E-state index in [1.807, 2.05) is 5.32 Å². The molecule has 1 heterocycles. The van der Waals surface area contributed by atoms with Crippen LogP contribution < -0.4 is 10.0 Å². The lowest BCUT2D eigenvalue weighted by Gasteiger charge is -2.08. The third-order valence-electron chi connectivity index (χ3n) is 2.59. The highest BCUT2D eigenvalue weighted by Gasteiger charge is 2.19. The molecule has 8 heteroatoms. The Morgan fingerprint density at radius 1 is 1.14 bits per heavy atom. The fourth-order valence-electron chi connectivity index (χ4n) is 1.58. The summed E-state index contributed by atoms with van der Waals surface area (Å²) in [5.41, 5.74) is -0.950. The van der Waals surface area contributed by atoms with E-state index in [0.29, 0.717) is 0 Å². The molecule has 2 rings (SSSR count). The van der Waals surface area contributed by atoms with Crippen LogP contribution in [-0.4, -0.2) is 18.5 Å². The van der Waals surface area contributed by atoms with Crippen LogP contribution in [0, 0.1) is 16.8 Å². The predicted octanol–water partition coefficient (Wildman–Crippen LogP) is 1.39. The zero-order valence-electron chi connectivity index (χ0n) is 11.1. The molecule has 0 fully saturated rings. The SMILES string of the molecule is O=C(COC(=O)c1cccc[n+]1[O-])Nc1c(F)cccc1F. The van der Waals surface area contributed by atoms with Gasteiger partial charge in [0.1, 0.15) is 17.3 Å². The Bertz CT molecular complexity index is 701. The van der Waals surface area contributed by atoms with Crippen molar-refractivity contribution in [3.05, 3.63) is 65.1 Å². The van der Waals surface area contributed by atoms with E-state index in [-0.39, 0.29) is 10.4 Å². The van der Waals surface area contributed by atoms with Crippen LogP contribution in [0.25, 0.3) is 0 Å². The summed E-state index contributed by atoms with van der Waals surface area (Å²) in [6, 6.07) is 7.15. The number of esters is 1. The number of benzene rings is 1. The second kappa shape index (κ2) is 6.61. The van der Waals surface area contributed by atoms with Gasteiger partial charge in [0, 0.05) is 12.1 Å². The van der Waals surface area contributed by atoms with E-state index in [1.54, 1.807) is 0 Å². The Morgan fingerprint density at radius 2 is 1.82 bits per heavy atom. The Balaban J connectivity index is 1.96. The van der Waals surface area contributed by atoms with Crippen molar-refractivity contribution in [3.8, 4) is 0 Å². The van der Waals surface area contributed by atoms with Crippen molar-refractivity contribution >= 4 is 17.6 Å². The third-order valence-corrected chi connectivity index (χ3v) is 2.59. The van der Waals surface area contributed by atoms with E-state index in [0.717, 1.165) is 24.4 Å². The molecule has 0 aliphatic carbocycles. The standard InChI is InChI=1S/C14H10F2N2O4/c15-9-4-3-5-10(16)13(9)17-12(19)8-22-14(20)11-6-1-2-7-18(11)21/h1-7H,8H2,(H,17,19). The van der Waals surface area contributed by atoms with Gasteiger partial charge in [-0.3, -0.25) is 4.79 Å². The van der Waals surface area contributed by atoms with E-state index < -0.39 is 35.8 Å². The molecule has 0 saturated heterocycles. The average Bonchev–Trinajstić information content (AvgIpc) is 2.49. The number of hydrogen-bond acceptors (Lipinski definition) is 4. The molecular weight excluding hydrogens is 298 g/mol. The average molecular weight is 308 g/mol. The normalized spacial score (nSPS) is 10.1. The maximum Gasteiger partial charge on any atom is 0.405 e. The Labute approximate surface area is 123 Å². The molecule has 0 spiro atoms. The van der Waals surface area contributed by atoms with Crippen LogP contribution >= 0.6 is 0 Å². The van der Waals surface area contributed by atoms with Crippen LogP contribution in [0.1, 0.15) is 10.5 Å². The highest BCUT2D eigenvalue weighted by Crippen LogP contribution is 2.17. The van der Waals surface area contributed by atoms with Crippen molar-refractivity contribution in [2.75, 3.05) is 11.9 Å². The Hall–Kier alpha value is -3.03. The number of nitrogens with zero attached hydrogens (tertiary/aromatic N) is 1. The van der Waals surface area contributed by atoms with E-state index in [2.05, 4.69) is 4.74 Å². The smallest absolute Gasteiger partial charge is 0.405 e. The van der Waals surface area contributed by atoms with Gasteiger partial charge in [0.05, 0.1) is 0 Å². The predicted molar refractivity (Wildman–Crippen MR) is 70.7 cm³/mol. The summed E-state index contributed by atoms with van der Waals surface area (Å²) in [5.74, 6) is -3.88. The highest BCUT2D eigenvalue weighted by molar-refractivity contribution is 5.94. The number of anilines is 1. The molecule has 2 aromatic rings. The number of aromatic nitrogens is 1. The third kappa shape index (κ3) is 3.54. The van der Waals surface area contributed by atoms with Crippen molar-refractivity contribution < 1.29 is 27.8 Å². The molecule has 0 saturated carbocycles. The lowest BCUT2D eigenvalue weighted by atomic mass is 10.3. The van der Waals surface area contributed by atoms with Crippen molar-refractivity contribution in [2.24, 2.45) is 0 Å². The number of ether oxygens (including phenoxy) is 1. The summed E-state index contributed by atoms with van der Waals surface area (Å²) in [7, 11) is 0. The molecule has 1 aromatic heterocycles. The first-order valence-electron chi connectivity index (χ1n) is 6.08. The maximum atomic E-state index is 13.3. The maximum absolute atomic E-state index is 13.3. The van der Waals surface area contributed by atoms with E-state index >= 15 is 0 Å². The first kappa shape index (κ1) is 15.4. The van der Waals surface area contributed by atoms with E-state index in [1.165, 1.54) is 18.2 Å². The lowest BCUT2D eigenvalue weighted by Crippen LogP contribution is -2.35. The molecule has 0 radical (unpaired) electrons. The van der Waals surface area contributed by atoms with E-state index in [9.17, 15) is 23.6 Å². The summed E-state index contributed by atoms with van der Waals surface area (Å²) in [5, 5.41) is 13.3. The van der Waals surface area contributed by atoms with Gasteiger partial charge in [0.2, 0.25) is 0 Å². The van der Waals surface area contributed by atoms with Crippen LogP contribution in [0.5, 0.6) is 0 Å². The van der Waals surface area contributed by atoms with Crippen LogP contribution in [0.4, 0.5) is 14.5 Å². The van der Waals surface area contributed by atoms with Crippen LogP contribution in [0.2, 0.25) is 0 Å². The van der Waals surface area contributed by atoms with Crippen LogP contribution in [0.3, 0.4) is 0 Å². The fourth-order valence-corrected chi connectivity index (χ4v) is 1.58. The first-order chi connectivity index (χ1) is 10.5. The summed E-state index contributed by atoms with van der Waals surface area (Å²) in [6.07, 6.45) is 1.09. The minimum Gasteiger partial charge on any atom is -0.618 e. The van der Waals surface area contributed by atoms with Gasteiger partial charge in [-0.2, -0.15) is 4.73 Å². The van der Waals surface area contributed by atoms with Crippen molar-refractivity contribution in [3.63, 3.8) is 0 Å². The Morgan fingerprint density at radius 3 is 2.45 bits per heavy atom. The van der Waals surface area contributed by atoms with Gasteiger partial charge in [0.25, 0.3) is 5.91 Å². The summed E-state index contributed by atoms with van der Waals surface area (Å²) >= 11 is 0. The van der Waals surface area contributed by atoms with Crippen molar-refractivity contribution in [1.29, 1.82) is 0 Å². The molecule has 0 unspecified atom stereocenters. The van der Waals surface area contributed by atoms with Crippen LogP contribution in [-0.2, 0) is 9.53 Å². The van der Waals surface area contributed by atoms with Gasteiger partial charge < -0.3 is 15.3 Å². The molecule has 1 aromatic carbocycles. The molecule has 0 aliphatic rings. The number of pyridine rings is 1. The number of rotatable bonds is 4. The topological polar surface area (TPSA) is 82.3 Å². The molecular formula is C14H10F2N2O4. The molecule has 1 amide bonds. The minimum atomic E-state index is -1.03. The summed E-state index contributed by atoms with van der Waals surface area (Å²) < 4.78 is 31.5. The molecule has 6 nitrogen and oxygen atoms in total. The molecule has 1 N–H and O–H groups in total. The molecule has 22 heavy (non-hydrogen) atoms. The first-order valence-corrected chi connectivity index (χ1v) is 6.08. The highest BCUT2D eigenvalue weighted by atomic mass is 19.1. The molecule has 0 bridgehead atoms. The van der Waals surface area contributed by atoms with Crippen LogP contribution in [0.15, 0.2) is 42.6 Å². The minimum absolute atomic E-state index is 0.275. The monoisotopic (exact) mass is 308 g/mol. The van der Waals surface area contributed by atoms with Gasteiger partial charge in [-0.05, 0) is 18.2 Å². The number of halogens is 2. The van der Waals surface area contributed by atoms with Gasteiger partial charge in [-0.15, -0.1) is 0 Å². The van der Waals surface area contributed by atoms with Crippen molar-refractivity contribution in [1.82, 2.24) is 0 Å². The van der Waals surface area contributed by atoms with Crippen molar-refractivity contribution in [2.45, 2.75) is 0 Å². The number of amides is 1. The number of carbonyl (C=O) groups excluding carboxylic acids is 2. The zero-order valence-corrected chi connectivity index (χ0v) is 11.1. The number of hydrogen-bond donors (Lipinski definition) is 1. The number of carbonyl (C=O) groups is 2. The molecule has 0 atom stereocenters. The molecule has 0 aliphatic heterocycles. The number of nitrogens with one attached hydrogen (secondary N) is 1. The zero-order chi connectivity index (χ0) is 16.1. The second-order valence-corrected chi connectivity index (χ2v) is 4.13. The van der Waals surface area contributed by atoms with E-state index in [4.69, 9.17) is 0 Å². The largest absolute Gasteiger partial charge is 0.618 e. The summed E-state index contributed by atoms with van der Waals surface area (Å²) in [6.45, 7) is -0.790. The van der Waals surface area contributed by atoms with Gasteiger partial charge in [-0.25, -0.2) is 13.6 Å².